The van der Waals surface area contributed by atoms with Crippen molar-refractivity contribution in [3.05, 3.63) is 83.0 Å². The van der Waals surface area contributed by atoms with E-state index in [0.29, 0.717) is 18.0 Å². The molecular formula is C27H29N5O. The lowest BCUT2D eigenvalue weighted by molar-refractivity contribution is 0.214. The van der Waals surface area contributed by atoms with Gasteiger partial charge in [-0.2, -0.15) is 5.26 Å². The first kappa shape index (κ1) is 22.6. The molecule has 6 heteroatoms. The number of aryl methyl sites for hydroxylation is 1. The van der Waals surface area contributed by atoms with E-state index in [1.807, 2.05) is 37.5 Å². The zero-order chi connectivity index (χ0) is 23.2. The number of hydrogen-bond acceptors (Lipinski definition) is 6. The number of ether oxygens (including phenoxy) is 1. The highest BCUT2D eigenvalue weighted by Crippen LogP contribution is 2.33. The number of nitrogens with one attached hydrogen (secondary N) is 1. The number of nitrogens with zero attached hydrogens (tertiary/aromatic N) is 4. The molecule has 0 amide bonds. The summed E-state index contributed by atoms with van der Waals surface area (Å²) in [6.45, 7) is 6.75. The largest absolute Gasteiger partial charge is 0.468 e. The van der Waals surface area contributed by atoms with E-state index in [0.717, 1.165) is 46.7 Å². The standard InChI is InChI=1S/C27H29N5O/c1-18-7-8-26(23(10-18)14-28)22-11-21(12-25(13-22)33-27-6-4-5-9-29-27)15-30-19(2)24-16-31-20(3)32-17-24/h4-5,8-13,16-19,27,30H,6-7,15H2,1-3H3/t18?,19-,27?/m1/s1. The topological polar surface area (TPSA) is 83.2 Å². The molecule has 6 nitrogen and oxygen atoms in total. The van der Waals surface area contributed by atoms with Gasteiger partial charge in [-0.3, -0.25) is 4.99 Å². The maximum atomic E-state index is 9.72. The number of rotatable bonds is 7. The minimum absolute atomic E-state index is 0.0935. The van der Waals surface area contributed by atoms with Crippen LogP contribution in [-0.2, 0) is 6.54 Å². The van der Waals surface area contributed by atoms with Gasteiger partial charge >= 0.3 is 0 Å². The lowest BCUT2D eigenvalue weighted by Gasteiger charge is -2.20. The van der Waals surface area contributed by atoms with Crippen molar-refractivity contribution in [1.82, 2.24) is 15.3 Å². The van der Waals surface area contributed by atoms with Crippen LogP contribution in [0, 0.1) is 24.2 Å². The first-order valence-electron chi connectivity index (χ1n) is 11.4. The third kappa shape index (κ3) is 5.82. The fourth-order valence-electron chi connectivity index (χ4n) is 3.93. The van der Waals surface area contributed by atoms with Crippen molar-refractivity contribution in [1.29, 1.82) is 5.26 Å². The molecule has 0 saturated heterocycles. The van der Waals surface area contributed by atoms with Gasteiger partial charge < -0.3 is 10.1 Å². The summed E-state index contributed by atoms with van der Waals surface area (Å²) in [7, 11) is 0. The molecule has 0 bridgehead atoms. The van der Waals surface area contributed by atoms with Crippen LogP contribution >= 0.6 is 0 Å². The average molecular weight is 440 g/mol. The van der Waals surface area contributed by atoms with Crippen molar-refractivity contribution >= 4 is 11.8 Å². The van der Waals surface area contributed by atoms with E-state index in [1.165, 1.54) is 0 Å². The molecule has 1 aliphatic heterocycles. The predicted molar refractivity (Wildman–Crippen MR) is 131 cm³/mol. The quantitative estimate of drug-likeness (QED) is 0.637. The second-order valence-electron chi connectivity index (χ2n) is 8.59. The molecule has 33 heavy (non-hydrogen) atoms. The molecule has 1 aromatic heterocycles. The van der Waals surface area contributed by atoms with Gasteiger partial charge in [0.2, 0.25) is 0 Å². The van der Waals surface area contributed by atoms with Gasteiger partial charge in [0.05, 0.1) is 11.6 Å². The monoisotopic (exact) mass is 439 g/mol. The highest BCUT2D eigenvalue weighted by Gasteiger charge is 2.18. The maximum Gasteiger partial charge on any atom is 0.192 e. The third-order valence-corrected chi connectivity index (χ3v) is 5.83. The zero-order valence-electron chi connectivity index (χ0n) is 19.3. The van der Waals surface area contributed by atoms with Gasteiger partial charge in [0.15, 0.2) is 6.23 Å². The average Bonchev–Trinajstić information content (AvgIpc) is 2.83. The Balaban J connectivity index is 1.59. The first-order valence-corrected chi connectivity index (χ1v) is 11.4. The predicted octanol–water partition coefficient (Wildman–Crippen LogP) is 5.24. The summed E-state index contributed by atoms with van der Waals surface area (Å²) in [4.78, 5) is 13.0. The minimum atomic E-state index is -0.235. The Bertz CT molecular complexity index is 1150. The summed E-state index contributed by atoms with van der Waals surface area (Å²) in [6.07, 6.45) is 15.1. The summed E-state index contributed by atoms with van der Waals surface area (Å²) in [5, 5.41) is 13.3. The summed E-state index contributed by atoms with van der Waals surface area (Å²) >= 11 is 0. The molecule has 0 spiro atoms. The molecule has 0 fully saturated rings. The van der Waals surface area contributed by atoms with Crippen molar-refractivity contribution in [2.75, 3.05) is 0 Å². The Kier molecular flexibility index (Phi) is 7.11. The van der Waals surface area contributed by atoms with Gasteiger partial charge in [0.25, 0.3) is 0 Å². The van der Waals surface area contributed by atoms with Gasteiger partial charge in [-0.05, 0) is 67.2 Å². The molecule has 0 radical (unpaired) electrons. The van der Waals surface area contributed by atoms with Crippen LogP contribution in [0.15, 0.2) is 65.5 Å². The Labute approximate surface area is 195 Å². The van der Waals surface area contributed by atoms with E-state index in [1.54, 1.807) is 6.21 Å². The van der Waals surface area contributed by atoms with Crippen molar-refractivity contribution in [2.45, 2.75) is 52.4 Å². The number of aromatic nitrogens is 2. The molecule has 3 atom stereocenters. The minimum Gasteiger partial charge on any atom is -0.468 e. The molecule has 2 aliphatic rings. The van der Waals surface area contributed by atoms with E-state index in [-0.39, 0.29) is 12.3 Å². The molecule has 4 rings (SSSR count). The summed E-state index contributed by atoms with van der Waals surface area (Å²) < 4.78 is 6.20. The van der Waals surface area contributed by atoms with Gasteiger partial charge in [0, 0.05) is 43.2 Å². The number of dihydropyridines is 1. The van der Waals surface area contributed by atoms with Crippen molar-refractivity contribution in [2.24, 2.45) is 10.9 Å². The molecule has 168 valence electrons. The second kappa shape index (κ2) is 10.4. The first-order chi connectivity index (χ1) is 16.0. The zero-order valence-corrected chi connectivity index (χ0v) is 19.3. The SMILES string of the molecule is Cc1ncc([C@@H](C)NCc2cc(OC3CC=CC=N3)cc(C3=CCC(C)C=C3C#N)c2)cn1. The van der Waals surface area contributed by atoms with E-state index in [4.69, 9.17) is 4.74 Å². The third-order valence-electron chi connectivity index (χ3n) is 5.83. The number of nitriles is 1. The number of allylic oxidation sites excluding steroid dienone is 5. The van der Waals surface area contributed by atoms with E-state index in [9.17, 15) is 5.26 Å². The normalized spacial score (nSPS) is 20.5. The highest BCUT2D eigenvalue weighted by molar-refractivity contribution is 5.84. The molecule has 0 saturated carbocycles. The summed E-state index contributed by atoms with van der Waals surface area (Å²) in [5.41, 5.74) is 4.79. The maximum absolute atomic E-state index is 9.72. The molecule has 2 heterocycles. The van der Waals surface area contributed by atoms with Gasteiger partial charge in [0.1, 0.15) is 11.6 Å². The van der Waals surface area contributed by atoms with Crippen LogP contribution < -0.4 is 10.1 Å². The van der Waals surface area contributed by atoms with E-state index < -0.39 is 0 Å². The van der Waals surface area contributed by atoms with Crippen LogP contribution in [-0.4, -0.2) is 22.4 Å². The van der Waals surface area contributed by atoms with Crippen molar-refractivity contribution in [3.8, 4) is 11.8 Å². The lowest BCUT2D eigenvalue weighted by Crippen LogP contribution is -2.19. The summed E-state index contributed by atoms with van der Waals surface area (Å²) in [5.74, 6) is 1.88. The lowest BCUT2D eigenvalue weighted by atomic mass is 9.87. The van der Waals surface area contributed by atoms with Gasteiger partial charge in [-0.15, -0.1) is 0 Å². The van der Waals surface area contributed by atoms with Crippen LogP contribution in [0.1, 0.15) is 55.2 Å². The van der Waals surface area contributed by atoms with Crippen molar-refractivity contribution in [3.63, 3.8) is 0 Å². The molecule has 1 aromatic carbocycles. The van der Waals surface area contributed by atoms with Gasteiger partial charge in [-0.1, -0.05) is 25.2 Å². The van der Waals surface area contributed by atoms with E-state index in [2.05, 4.69) is 64.5 Å². The van der Waals surface area contributed by atoms with Crippen LogP contribution in [0.3, 0.4) is 0 Å². The Morgan fingerprint density at radius 3 is 2.76 bits per heavy atom. The smallest absolute Gasteiger partial charge is 0.192 e. The Hall–Kier alpha value is -3.56. The molecule has 2 unspecified atom stereocenters. The fraction of sp³-hybridized carbons (Fsp3) is 0.333. The number of aliphatic imine (C=N–C) groups is 1. The molecular weight excluding hydrogens is 410 g/mol. The van der Waals surface area contributed by atoms with E-state index >= 15 is 0 Å². The van der Waals surface area contributed by atoms with Crippen LogP contribution in [0.5, 0.6) is 5.75 Å². The van der Waals surface area contributed by atoms with Crippen LogP contribution in [0.25, 0.3) is 5.57 Å². The van der Waals surface area contributed by atoms with Crippen LogP contribution in [0.2, 0.25) is 0 Å². The molecule has 1 N–H and O–H groups in total. The Morgan fingerprint density at radius 2 is 2.03 bits per heavy atom. The molecule has 1 aliphatic carbocycles. The van der Waals surface area contributed by atoms with Crippen LogP contribution in [0.4, 0.5) is 0 Å². The highest BCUT2D eigenvalue weighted by atomic mass is 16.5. The number of hydrogen-bond donors (Lipinski definition) is 1. The Morgan fingerprint density at radius 1 is 1.21 bits per heavy atom. The second-order valence-corrected chi connectivity index (χ2v) is 8.59. The molecule has 2 aromatic rings. The number of benzene rings is 1. The fourth-order valence-corrected chi connectivity index (χ4v) is 3.93. The van der Waals surface area contributed by atoms with Gasteiger partial charge in [-0.25, -0.2) is 9.97 Å². The van der Waals surface area contributed by atoms with Crippen molar-refractivity contribution < 1.29 is 4.74 Å². The summed E-state index contributed by atoms with van der Waals surface area (Å²) in [6, 6.07) is 8.66.